The van der Waals surface area contributed by atoms with Crippen molar-refractivity contribution in [2.45, 2.75) is 107 Å². The Morgan fingerprint density at radius 2 is 2.00 bits per heavy atom. The number of benzene rings is 1. The summed E-state index contributed by atoms with van der Waals surface area (Å²) in [5.41, 5.74) is 1.93. The van der Waals surface area contributed by atoms with Crippen LogP contribution >= 0.6 is 0 Å². The minimum absolute atomic E-state index is 0.0959. The maximum absolute atomic E-state index is 12.5. The van der Waals surface area contributed by atoms with Crippen molar-refractivity contribution < 1.29 is 24.1 Å². The zero-order chi connectivity index (χ0) is 24.9. The molecule has 5 aliphatic rings. The van der Waals surface area contributed by atoms with Crippen LogP contribution in [0, 0.1) is 5.92 Å². The molecule has 0 amide bonds. The Bertz CT molecular complexity index is 1030. The monoisotopic (exact) mass is 495 g/mol. The van der Waals surface area contributed by atoms with Gasteiger partial charge in [-0.2, -0.15) is 0 Å². The molecular weight excluding hydrogens is 454 g/mol. The molecule has 1 N–H and O–H groups in total. The zero-order valence-corrected chi connectivity index (χ0v) is 21.7. The van der Waals surface area contributed by atoms with E-state index in [4.69, 9.17) is 14.2 Å². The highest BCUT2D eigenvalue weighted by atomic mass is 16.7. The van der Waals surface area contributed by atoms with Gasteiger partial charge in [-0.15, -0.1) is 0 Å². The summed E-state index contributed by atoms with van der Waals surface area (Å²) in [5, 5.41) is 12.4. The first-order chi connectivity index (χ1) is 17.5. The van der Waals surface area contributed by atoms with Crippen LogP contribution in [0.3, 0.4) is 0 Å². The van der Waals surface area contributed by atoms with Gasteiger partial charge in [0.15, 0.2) is 11.5 Å². The largest absolute Gasteiger partial charge is 0.513 e. The van der Waals surface area contributed by atoms with Crippen molar-refractivity contribution in [3.63, 3.8) is 0 Å². The molecule has 6 heteroatoms. The molecule has 4 atom stereocenters. The van der Waals surface area contributed by atoms with Crippen molar-refractivity contribution in [2.24, 2.45) is 5.92 Å². The number of hydrogen-bond donors (Lipinski definition) is 1. The average molecular weight is 496 g/mol. The summed E-state index contributed by atoms with van der Waals surface area (Å²) in [5.74, 6) is 1.80. The van der Waals surface area contributed by atoms with E-state index in [1.165, 1.54) is 44.1 Å². The topological polar surface area (TPSA) is 68.2 Å². The van der Waals surface area contributed by atoms with Crippen molar-refractivity contribution in [3.8, 4) is 11.5 Å². The van der Waals surface area contributed by atoms with Gasteiger partial charge < -0.3 is 19.3 Å². The van der Waals surface area contributed by atoms with Gasteiger partial charge in [-0.05, 0) is 74.6 Å². The number of unbranched alkanes of at least 4 members (excludes halogenated alkanes) is 5. The Morgan fingerprint density at radius 3 is 2.81 bits per heavy atom. The Morgan fingerprint density at radius 1 is 1.19 bits per heavy atom. The van der Waals surface area contributed by atoms with E-state index in [2.05, 4.69) is 24.5 Å². The summed E-state index contributed by atoms with van der Waals surface area (Å²) in [7, 11) is 0. The van der Waals surface area contributed by atoms with E-state index in [1.807, 2.05) is 6.07 Å². The third-order valence-corrected chi connectivity index (χ3v) is 9.61. The second kappa shape index (κ2) is 9.36. The van der Waals surface area contributed by atoms with Gasteiger partial charge in [-0.1, -0.05) is 51.7 Å². The molecule has 1 spiro atoms. The van der Waals surface area contributed by atoms with Crippen LogP contribution in [0.25, 0.3) is 0 Å². The van der Waals surface area contributed by atoms with E-state index < -0.39 is 17.2 Å². The second-order valence-corrected chi connectivity index (χ2v) is 11.9. The van der Waals surface area contributed by atoms with Crippen molar-refractivity contribution in [3.05, 3.63) is 35.4 Å². The predicted octanol–water partition coefficient (Wildman–Crippen LogP) is 5.68. The Balaban J connectivity index is 1.22. The number of ether oxygens (including phenoxy) is 3. The van der Waals surface area contributed by atoms with Gasteiger partial charge in [0.25, 0.3) is 0 Å². The van der Waals surface area contributed by atoms with Crippen LogP contribution in [0.2, 0.25) is 0 Å². The summed E-state index contributed by atoms with van der Waals surface area (Å²) < 4.78 is 17.7. The summed E-state index contributed by atoms with van der Waals surface area (Å²) >= 11 is 0. The molecule has 2 bridgehead atoms. The molecule has 3 fully saturated rings. The number of hydrogen-bond acceptors (Lipinski definition) is 6. The number of rotatable bonds is 10. The van der Waals surface area contributed by atoms with Gasteiger partial charge in [-0.25, -0.2) is 4.79 Å². The molecule has 6 nitrogen and oxygen atoms in total. The fourth-order valence-corrected chi connectivity index (χ4v) is 7.62. The lowest BCUT2D eigenvalue weighted by Gasteiger charge is -2.63. The van der Waals surface area contributed by atoms with Gasteiger partial charge in [0.2, 0.25) is 0 Å². The summed E-state index contributed by atoms with van der Waals surface area (Å²) in [4.78, 5) is 15.1. The van der Waals surface area contributed by atoms with Gasteiger partial charge in [0.05, 0.1) is 17.6 Å². The molecule has 1 saturated heterocycles. The van der Waals surface area contributed by atoms with E-state index in [-0.39, 0.29) is 12.1 Å². The van der Waals surface area contributed by atoms with Gasteiger partial charge in [0, 0.05) is 18.2 Å². The van der Waals surface area contributed by atoms with Crippen LogP contribution in [0.1, 0.15) is 88.7 Å². The molecule has 1 aromatic rings. The fraction of sp³-hybridized carbons (Fsp3) is 0.700. The van der Waals surface area contributed by atoms with Crippen molar-refractivity contribution >= 4 is 6.16 Å². The van der Waals surface area contributed by atoms with Crippen LogP contribution in [0.5, 0.6) is 11.5 Å². The minimum Gasteiger partial charge on any atom is -0.481 e. The maximum Gasteiger partial charge on any atom is 0.513 e. The molecule has 2 aliphatic heterocycles. The van der Waals surface area contributed by atoms with Crippen LogP contribution in [-0.2, 0) is 16.6 Å². The molecule has 6 rings (SSSR count). The van der Waals surface area contributed by atoms with E-state index in [9.17, 15) is 9.90 Å². The standard InChI is InChI=1S/C30H41NO5/c1-3-4-5-6-7-8-17-34-28(32)35-23-12-11-22-18-24-30(33)14-13-20(2)27-29(30,25(22)26(23)36-27)15-16-31(24)19-21-9-10-21/h11-12,21,24,27,33H,2-10,13-19H2,1H3/t24?,27-,29-,30+/m0/s1. The number of piperidine rings is 1. The SMILES string of the molecule is C=C1CC[C@@]2(O)C3Cc4ccc(OC(=O)OCCCCCCCC)c5c4[C@@]2(CCN3CC2CC2)[C@H]1O5. The summed E-state index contributed by atoms with van der Waals surface area (Å²) in [6.45, 7) is 8.98. The maximum atomic E-state index is 12.5. The number of carbonyl (C=O) groups is 1. The van der Waals surface area contributed by atoms with Crippen LogP contribution in [-0.4, -0.2) is 53.6 Å². The molecule has 2 saturated carbocycles. The highest BCUT2D eigenvalue weighted by molar-refractivity contribution is 5.70. The molecule has 2 heterocycles. The number of carbonyl (C=O) groups excluding carboxylic acids is 1. The first kappa shape index (κ1) is 24.3. The van der Waals surface area contributed by atoms with Crippen LogP contribution < -0.4 is 9.47 Å². The Labute approximate surface area is 215 Å². The second-order valence-electron chi connectivity index (χ2n) is 11.9. The van der Waals surface area contributed by atoms with Crippen molar-refractivity contribution in [1.29, 1.82) is 0 Å². The fourth-order valence-electron chi connectivity index (χ4n) is 7.62. The average Bonchev–Trinajstić information content (AvgIpc) is 3.60. The smallest absolute Gasteiger partial charge is 0.481 e. The number of aliphatic hydroxyl groups is 1. The highest BCUT2D eigenvalue weighted by Crippen LogP contribution is 2.66. The lowest BCUT2D eigenvalue weighted by atomic mass is 9.48. The quantitative estimate of drug-likeness (QED) is 0.195. The highest BCUT2D eigenvalue weighted by Gasteiger charge is 2.72. The lowest BCUT2D eigenvalue weighted by Crippen LogP contribution is -2.75. The normalized spacial score (nSPS) is 32.1. The Kier molecular flexibility index (Phi) is 6.32. The first-order valence-electron chi connectivity index (χ1n) is 14.3. The van der Waals surface area contributed by atoms with E-state index in [0.717, 1.165) is 62.2 Å². The first-order valence-corrected chi connectivity index (χ1v) is 14.3. The van der Waals surface area contributed by atoms with Gasteiger partial charge in [-0.3, -0.25) is 4.90 Å². The molecule has 0 radical (unpaired) electrons. The molecule has 3 aliphatic carbocycles. The molecule has 1 unspecified atom stereocenters. The van der Waals surface area contributed by atoms with Crippen LogP contribution in [0.15, 0.2) is 24.3 Å². The molecule has 1 aromatic carbocycles. The molecule has 36 heavy (non-hydrogen) atoms. The van der Waals surface area contributed by atoms with E-state index in [1.54, 1.807) is 0 Å². The predicted molar refractivity (Wildman–Crippen MR) is 138 cm³/mol. The zero-order valence-electron chi connectivity index (χ0n) is 21.7. The molecular formula is C30H41NO5. The van der Waals surface area contributed by atoms with Gasteiger partial charge >= 0.3 is 6.16 Å². The van der Waals surface area contributed by atoms with Crippen LogP contribution in [0.4, 0.5) is 4.79 Å². The van der Waals surface area contributed by atoms with E-state index in [0.29, 0.717) is 24.5 Å². The lowest BCUT2D eigenvalue weighted by molar-refractivity contribution is -0.174. The van der Waals surface area contributed by atoms with Gasteiger partial charge in [0.1, 0.15) is 6.10 Å². The summed E-state index contributed by atoms with van der Waals surface area (Å²) in [6.07, 6.45) is 11.6. The Hall–Kier alpha value is -2.05. The molecule has 0 aromatic heterocycles. The number of likely N-dealkylation sites (tertiary alicyclic amines) is 1. The van der Waals surface area contributed by atoms with Crippen molar-refractivity contribution in [2.75, 3.05) is 19.7 Å². The van der Waals surface area contributed by atoms with Crippen molar-refractivity contribution in [1.82, 2.24) is 4.90 Å². The third-order valence-electron chi connectivity index (χ3n) is 9.61. The minimum atomic E-state index is -0.860. The summed E-state index contributed by atoms with van der Waals surface area (Å²) in [6, 6.07) is 4.02. The number of nitrogens with zero attached hydrogens (tertiary/aromatic N) is 1. The third kappa shape index (κ3) is 3.78. The molecule has 196 valence electrons. The van der Waals surface area contributed by atoms with E-state index >= 15 is 0 Å².